The first-order valence-electron chi connectivity index (χ1n) is 10.5. The first kappa shape index (κ1) is 18.6. The Bertz CT molecular complexity index is 1030. The normalized spacial score (nSPS) is 23.8. The van der Waals surface area contributed by atoms with Crippen molar-refractivity contribution in [3.63, 3.8) is 0 Å². The number of likely N-dealkylation sites (tertiary alicyclic amines) is 1. The summed E-state index contributed by atoms with van der Waals surface area (Å²) in [5, 5.41) is 0. The summed E-state index contributed by atoms with van der Waals surface area (Å²) >= 11 is 0. The SMILES string of the molecule is O=c1[nH]c2ccccc2n1C1CCN(C[C@H]2CO[C@H](c3ccc(F)cc3)C2)CC1. The smallest absolute Gasteiger partial charge is 0.326 e. The van der Waals surface area contributed by atoms with Crippen LogP contribution in [0.5, 0.6) is 0 Å². The molecule has 5 rings (SSSR count). The van der Waals surface area contributed by atoms with E-state index in [0.717, 1.165) is 62.1 Å². The van der Waals surface area contributed by atoms with Crippen molar-refractivity contribution >= 4 is 11.0 Å². The largest absolute Gasteiger partial charge is 0.373 e. The van der Waals surface area contributed by atoms with Crippen LogP contribution in [0.2, 0.25) is 0 Å². The highest BCUT2D eigenvalue weighted by Gasteiger charge is 2.30. The minimum Gasteiger partial charge on any atom is -0.373 e. The van der Waals surface area contributed by atoms with Crippen molar-refractivity contribution in [1.82, 2.24) is 14.5 Å². The molecule has 0 spiro atoms. The van der Waals surface area contributed by atoms with Crippen LogP contribution >= 0.6 is 0 Å². The fourth-order valence-electron chi connectivity index (χ4n) is 4.89. The fourth-order valence-corrected chi connectivity index (χ4v) is 4.89. The lowest BCUT2D eigenvalue weighted by Gasteiger charge is -2.33. The minimum atomic E-state index is -0.208. The third-order valence-electron chi connectivity index (χ3n) is 6.38. The molecular formula is C23H26FN3O2. The maximum absolute atomic E-state index is 13.1. The van der Waals surface area contributed by atoms with Gasteiger partial charge in [0.25, 0.3) is 0 Å². The number of nitrogens with one attached hydrogen (secondary N) is 1. The Kier molecular flexibility index (Phi) is 4.97. The maximum atomic E-state index is 13.1. The van der Waals surface area contributed by atoms with E-state index in [0.29, 0.717) is 5.92 Å². The molecule has 0 saturated carbocycles. The second-order valence-corrected chi connectivity index (χ2v) is 8.32. The zero-order valence-corrected chi connectivity index (χ0v) is 16.4. The summed E-state index contributed by atoms with van der Waals surface area (Å²) in [5.41, 5.74) is 2.97. The van der Waals surface area contributed by atoms with Gasteiger partial charge in [0.2, 0.25) is 0 Å². The molecule has 3 aromatic rings. The van der Waals surface area contributed by atoms with Crippen molar-refractivity contribution < 1.29 is 9.13 Å². The molecule has 29 heavy (non-hydrogen) atoms. The van der Waals surface area contributed by atoms with Crippen LogP contribution in [0.1, 0.15) is 37.0 Å². The number of aromatic amines is 1. The zero-order chi connectivity index (χ0) is 19.8. The third-order valence-corrected chi connectivity index (χ3v) is 6.38. The van der Waals surface area contributed by atoms with Crippen LogP contribution < -0.4 is 5.69 Å². The number of fused-ring (bicyclic) bond motifs is 1. The molecule has 0 amide bonds. The molecule has 1 N–H and O–H groups in total. The highest BCUT2D eigenvalue weighted by atomic mass is 19.1. The van der Waals surface area contributed by atoms with Gasteiger partial charge in [0.1, 0.15) is 5.82 Å². The zero-order valence-electron chi connectivity index (χ0n) is 16.4. The van der Waals surface area contributed by atoms with E-state index >= 15 is 0 Å². The summed E-state index contributed by atoms with van der Waals surface area (Å²) < 4.78 is 21.1. The lowest BCUT2D eigenvalue weighted by Crippen LogP contribution is -2.39. The van der Waals surface area contributed by atoms with Crippen LogP contribution in [0.3, 0.4) is 0 Å². The number of ether oxygens (including phenoxy) is 1. The molecule has 0 unspecified atom stereocenters. The van der Waals surface area contributed by atoms with Gasteiger partial charge in [0.05, 0.1) is 23.7 Å². The van der Waals surface area contributed by atoms with Gasteiger partial charge < -0.3 is 14.6 Å². The van der Waals surface area contributed by atoms with Crippen molar-refractivity contribution in [2.24, 2.45) is 5.92 Å². The van der Waals surface area contributed by atoms with Gasteiger partial charge in [-0.3, -0.25) is 4.57 Å². The highest BCUT2D eigenvalue weighted by Crippen LogP contribution is 2.34. The number of nitrogens with zero attached hydrogens (tertiary/aromatic N) is 2. The van der Waals surface area contributed by atoms with Gasteiger partial charge in [-0.25, -0.2) is 9.18 Å². The number of aromatic nitrogens is 2. The Labute approximate surface area is 169 Å². The van der Waals surface area contributed by atoms with E-state index in [2.05, 4.69) is 9.88 Å². The lowest BCUT2D eigenvalue weighted by molar-refractivity contribution is 0.100. The van der Waals surface area contributed by atoms with E-state index < -0.39 is 0 Å². The molecule has 0 bridgehead atoms. The third kappa shape index (κ3) is 3.74. The molecule has 2 aliphatic rings. The predicted octanol–water partition coefficient (Wildman–Crippen LogP) is 3.88. The summed E-state index contributed by atoms with van der Waals surface area (Å²) in [4.78, 5) is 17.9. The van der Waals surface area contributed by atoms with Crippen molar-refractivity contribution in [3.8, 4) is 0 Å². The van der Waals surface area contributed by atoms with E-state index in [1.165, 1.54) is 12.1 Å². The van der Waals surface area contributed by atoms with Crippen LogP contribution in [-0.4, -0.2) is 40.7 Å². The molecule has 6 heteroatoms. The van der Waals surface area contributed by atoms with Crippen LogP contribution in [-0.2, 0) is 4.74 Å². The number of halogens is 1. The van der Waals surface area contributed by atoms with E-state index in [4.69, 9.17) is 4.74 Å². The number of H-pyrrole nitrogens is 1. The number of hydrogen-bond donors (Lipinski definition) is 1. The van der Waals surface area contributed by atoms with Crippen molar-refractivity contribution in [2.75, 3.05) is 26.2 Å². The van der Waals surface area contributed by atoms with Gasteiger partial charge in [-0.1, -0.05) is 24.3 Å². The average Bonchev–Trinajstić information content (AvgIpc) is 3.33. The molecule has 2 atom stereocenters. The minimum absolute atomic E-state index is 0.00372. The molecule has 0 radical (unpaired) electrons. The standard InChI is InChI=1S/C23H26FN3O2/c24-18-7-5-17(6-8-18)22-13-16(15-29-22)14-26-11-9-19(10-12-26)27-21-4-2-1-3-20(21)25-23(27)28/h1-8,16,19,22H,9-15H2,(H,25,28)/t16-,22-/m0/s1. The summed E-state index contributed by atoms with van der Waals surface area (Å²) in [7, 11) is 0. The Morgan fingerprint density at radius 1 is 1.07 bits per heavy atom. The molecule has 2 fully saturated rings. The second-order valence-electron chi connectivity index (χ2n) is 8.32. The molecule has 3 heterocycles. The quantitative estimate of drug-likeness (QED) is 0.729. The Hall–Kier alpha value is -2.44. The first-order chi connectivity index (χ1) is 14.2. The van der Waals surface area contributed by atoms with Gasteiger partial charge in [0, 0.05) is 25.7 Å². The van der Waals surface area contributed by atoms with Crippen LogP contribution in [0, 0.1) is 11.7 Å². The number of hydrogen-bond acceptors (Lipinski definition) is 3. The molecular weight excluding hydrogens is 369 g/mol. The molecule has 2 aliphatic heterocycles. The summed E-state index contributed by atoms with van der Waals surface area (Å²) in [5.74, 6) is 0.290. The Morgan fingerprint density at radius 3 is 2.62 bits per heavy atom. The van der Waals surface area contributed by atoms with E-state index in [1.807, 2.05) is 41.0 Å². The number of para-hydroxylation sites is 2. The van der Waals surface area contributed by atoms with E-state index in [9.17, 15) is 9.18 Å². The van der Waals surface area contributed by atoms with Gasteiger partial charge in [0.15, 0.2) is 0 Å². The monoisotopic (exact) mass is 395 g/mol. The topological polar surface area (TPSA) is 50.3 Å². The average molecular weight is 395 g/mol. The number of piperidine rings is 1. The Balaban J connectivity index is 1.18. The number of benzene rings is 2. The second kappa shape index (κ2) is 7.76. The molecule has 2 aromatic carbocycles. The molecule has 2 saturated heterocycles. The van der Waals surface area contributed by atoms with Crippen molar-refractivity contribution in [2.45, 2.75) is 31.4 Å². The summed E-state index contributed by atoms with van der Waals surface area (Å²) in [6.45, 7) is 3.76. The van der Waals surface area contributed by atoms with Gasteiger partial charge in [-0.05, 0) is 55.0 Å². The van der Waals surface area contributed by atoms with Crippen molar-refractivity contribution in [1.29, 1.82) is 0 Å². The molecule has 5 nitrogen and oxygen atoms in total. The van der Waals surface area contributed by atoms with E-state index in [-0.39, 0.29) is 23.7 Å². The molecule has 152 valence electrons. The molecule has 0 aliphatic carbocycles. The Morgan fingerprint density at radius 2 is 1.83 bits per heavy atom. The fraction of sp³-hybridized carbons (Fsp3) is 0.435. The molecule has 1 aromatic heterocycles. The van der Waals surface area contributed by atoms with Crippen LogP contribution in [0.4, 0.5) is 4.39 Å². The van der Waals surface area contributed by atoms with E-state index in [1.54, 1.807) is 0 Å². The summed E-state index contributed by atoms with van der Waals surface area (Å²) in [6, 6.07) is 14.8. The number of imidazole rings is 1. The van der Waals surface area contributed by atoms with Gasteiger partial charge in [-0.15, -0.1) is 0 Å². The first-order valence-corrected chi connectivity index (χ1v) is 10.5. The van der Waals surface area contributed by atoms with Gasteiger partial charge >= 0.3 is 5.69 Å². The number of rotatable bonds is 4. The highest BCUT2D eigenvalue weighted by molar-refractivity contribution is 5.75. The van der Waals surface area contributed by atoms with Gasteiger partial charge in [-0.2, -0.15) is 0 Å². The summed E-state index contributed by atoms with van der Waals surface area (Å²) in [6.07, 6.45) is 3.02. The van der Waals surface area contributed by atoms with Crippen LogP contribution in [0.25, 0.3) is 11.0 Å². The maximum Gasteiger partial charge on any atom is 0.326 e. The van der Waals surface area contributed by atoms with Crippen molar-refractivity contribution in [3.05, 3.63) is 70.4 Å². The predicted molar refractivity (Wildman–Crippen MR) is 110 cm³/mol. The van der Waals surface area contributed by atoms with Crippen LogP contribution in [0.15, 0.2) is 53.3 Å². The lowest BCUT2D eigenvalue weighted by atomic mass is 9.98.